The standard InChI is InChI=1S/C21H22N4O2/c1-5-11-16-15(9-22-19(11)21(26)27)24-13-7-8-14-20(17(13)16)25-18(10(3)4)12(6-2)23-14/h7-10,23H,5-6H2,1-4H3,(H,26,27). The molecule has 2 N–H and O–H groups in total. The number of carbonyl (C=O) groups is 1. The summed E-state index contributed by atoms with van der Waals surface area (Å²) in [5.74, 6) is -0.731. The highest BCUT2D eigenvalue weighted by Crippen LogP contribution is 2.35. The zero-order valence-corrected chi connectivity index (χ0v) is 15.9. The number of nitrogens with one attached hydrogen (secondary N) is 1. The number of aromatic amines is 1. The smallest absolute Gasteiger partial charge is 0.354 e. The molecule has 0 aliphatic carbocycles. The molecule has 0 saturated carbocycles. The number of fused-ring (bicyclic) bond motifs is 5. The molecule has 0 atom stereocenters. The maximum atomic E-state index is 11.7. The number of rotatable bonds is 4. The van der Waals surface area contributed by atoms with E-state index in [9.17, 15) is 9.90 Å². The van der Waals surface area contributed by atoms with Crippen molar-refractivity contribution in [2.24, 2.45) is 0 Å². The highest BCUT2D eigenvalue weighted by Gasteiger charge is 2.21. The molecule has 1 aromatic carbocycles. The lowest BCUT2D eigenvalue weighted by Gasteiger charge is -2.13. The number of carboxylic acids is 1. The normalized spacial score (nSPS) is 11.9. The second-order valence-electron chi connectivity index (χ2n) is 7.08. The van der Waals surface area contributed by atoms with Gasteiger partial charge in [-0.15, -0.1) is 0 Å². The maximum Gasteiger partial charge on any atom is 0.354 e. The minimum absolute atomic E-state index is 0.0922. The quantitative estimate of drug-likeness (QED) is 0.553. The van der Waals surface area contributed by atoms with E-state index in [1.54, 1.807) is 6.20 Å². The van der Waals surface area contributed by atoms with Crippen LogP contribution in [0.4, 0.5) is 0 Å². The van der Waals surface area contributed by atoms with Crippen molar-refractivity contribution in [1.82, 2.24) is 19.9 Å². The molecule has 0 unspecified atom stereocenters. The number of H-pyrrole nitrogens is 1. The fourth-order valence-electron chi connectivity index (χ4n) is 3.86. The molecule has 138 valence electrons. The summed E-state index contributed by atoms with van der Waals surface area (Å²) >= 11 is 0. The number of aromatic carboxylic acids is 1. The lowest BCUT2D eigenvalue weighted by molar-refractivity contribution is 0.0689. The predicted octanol–water partition coefficient (Wildman–Crippen LogP) is 4.61. The molecule has 0 radical (unpaired) electrons. The van der Waals surface area contributed by atoms with E-state index in [0.29, 0.717) is 17.5 Å². The van der Waals surface area contributed by atoms with Crippen LogP contribution in [-0.4, -0.2) is 31.0 Å². The van der Waals surface area contributed by atoms with E-state index in [0.717, 1.165) is 45.1 Å². The van der Waals surface area contributed by atoms with E-state index in [1.165, 1.54) is 0 Å². The summed E-state index contributed by atoms with van der Waals surface area (Å²) in [5, 5.41) is 11.3. The van der Waals surface area contributed by atoms with Gasteiger partial charge in [0.05, 0.1) is 34.0 Å². The van der Waals surface area contributed by atoms with E-state index >= 15 is 0 Å². The summed E-state index contributed by atoms with van der Waals surface area (Å²) in [7, 11) is 0. The van der Waals surface area contributed by atoms with Crippen LogP contribution in [-0.2, 0) is 12.8 Å². The highest BCUT2D eigenvalue weighted by molar-refractivity contribution is 6.20. The topological polar surface area (TPSA) is 91.8 Å². The predicted molar refractivity (Wildman–Crippen MR) is 107 cm³/mol. The van der Waals surface area contributed by atoms with Gasteiger partial charge >= 0.3 is 5.97 Å². The first kappa shape index (κ1) is 17.4. The first-order valence-electron chi connectivity index (χ1n) is 9.32. The lowest BCUT2D eigenvalue weighted by Crippen LogP contribution is -2.06. The second kappa shape index (κ2) is 6.30. The Hall–Kier alpha value is -3.02. The number of hydrogen-bond acceptors (Lipinski definition) is 4. The van der Waals surface area contributed by atoms with Gasteiger partial charge in [0, 0.05) is 16.5 Å². The number of pyridine rings is 1. The van der Waals surface area contributed by atoms with Gasteiger partial charge in [-0.25, -0.2) is 19.7 Å². The molecular weight excluding hydrogens is 340 g/mol. The summed E-state index contributed by atoms with van der Waals surface area (Å²) in [6, 6.07) is 3.96. The zero-order valence-electron chi connectivity index (χ0n) is 15.9. The van der Waals surface area contributed by atoms with Gasteiger partial charge in [0.25, 0.3) is 0 Å². The van der Waals surface area contributed by atoms with Crippen molar-refractivity contribution in [2.75, 3.05) is 0 Å². The molecular formula is C21H22N4O2. The SMILES string of the molecule is CCc1[nH]c2ccc3nc4cnc(C(=O)O)c(CC)c4c3c2nc1C(C)C. The molecule has 0 spiro atoms. The minimum atomic E-state index is -1.01. The second-order valence-corrected chi connectivity index (χ2v) is 7.08. The van der Waals surface area contributed by atoms with Crippen LogP contribution in [0, 0.1) is 0 Å². The largest absolute Gasteiger partial charge is 0.477 e. The van der Waals surface area contributed by atoms with Crippen LogP contribution in [0.15, 0.2) is 18.3 Å². The van der Waals surface area contributed by atoms with Crippen molar-refractivity contribution in [2.45, 2.75) is 46.5 Å². The Morgan fingerprint density at radius 1 is 1.11 bits per heavy atom. The van der Waals surface area contributed by atoms with E-state index in [-0.39, 0.29) is 11.6 Å². The number of aromatic nitrogens is 4. The molecule has 0 bridgehead atoms. The van der Waals surface area contributed by atoms with Crippen LogP contribution in [0.25, 0.3) is 32.8 Å². The van der Waals surface area contributed by atoms with E-state index < -0.39 is 5.97 Å². The van der Waals surface area contributed by atoms with E-state index in [1.807, 2.05) is 19.1 Å². The van der Waals surface area contributed by atoms with Crippen LogP contribution in [0.3, 0.4) is 0 Å². The first-order valence-corrected chi connectivity index (χ1v) is 9.32. The third kappa shape index (κ3) is 2.55. The van der Waals surface area contributed by atoms with Crippen LogP contribution in [0.2, 0.25) is 0 Å². The van der Waals surface area contributed by atoms with Crippen molar-refractivity contribution in [3.05, 3.63) is 41.0 Å². The Morgan fingerprint density at radius 3 is 2.52 bits per heavy atom. The van der Waals surface area contributed by atoms with Crippen molar-refractivity contribution in [1.29, 1.82) is 0 Å². The summed E-state index contributed by atoms with van der Waals surface area (Å²) in [4.78, 5) is 29.0. The van der Waals surface area contributed by atoms with Gasteiger partial charge in [-0.1, -0.05) is 27.7 Å². The third-order valence-electron chi connectivity index (χ3n) is 5.09. The Bertz CT molecular complexity index is 1210. The van der Waals surface area contributed by atoms with Crippen LogP contribution in [0.1, 0.15) is 61.1 Å². The number of hydrogen-bond donors (Lipinski definition) is 2. The zero-order chi connectivity index (χ0) is 19.3. The molecule has 3 heterocycles. The van der Waals surface area contributed by atoms with Gasteiger partial charge in [0.1, 0.15) is 0 Å². The van der Waals surface area contributed by atoms with Crippen LogP contribution >= 0.6 is 0 Å². The van der Waals surface area contributed by atoms with Gasteiger partial charge < -0.3 is 10.1 Å². The Kier molecular flexibility index (Phi) is 4.06. The van der Waals surface area contributed by atoms with Crippen molar-refractivity contribution in [3.8, 4) is 0 Å². The number of nitrogens with zero attached hydrogens (tertiary/aromatic N) is 3. The van der Waals surface area contributed by atoms with Gasteiger partial charge in [-0.05, 0) is 36.5 Å². The Morgan fingerprint density at radius 2 is 1.89 bits per heavy atom. The van der Waals surface area contributed by atoms with E-state index in [2.05, 4.69) is 35.7 Å². The van der Waals surface area contributed by atoms with Crippen molar-refractivity contribution < 1.29 is 9.90 Å². The highest BCUT2D eigenvalue weighted by atomic mass is 16.4. The molecule has 6 nitrogen and oxygen atoms in total. The fourth-order valence-corrected chi connectivity index (χ4v) is 3.86. The average molecular weight is 362 g/mol. The molecule has 4 aromatic rings. The average Bonchev–Trinajstić information content (AvgIpc) is 3.04. The monoisotopic (exact) mass is 362 g/mol. The Balaban J connectivity index is 2.23. The number of carboxylic acid groups (broad SMARTS) is 1. The molecule has 0 aliphatic heterocycles. The van der Waals surface area contributed by atoms with Crippen molar-refractivity contribution in [3.63, 3.8) is 0 Å². The van der Waals surface area contributed by atoms with Gasteiger partial charge in [-0.3, -0.25) is 0 Å². The summed E-state index contributed by atoms with van der Waals surface area (Å²) < 4.78 is 0. The number of aryl methyl sites for hydroxylation is 2. The molecule has 4 rings (SSSR count). The maximum absolute atomic E-state index is 11.7. The van der Waals surface area contributed by atoms with Crippen molar-refractivity contribution >= 4 is 38.8 Å². The molecule has 0 fully saturated rings. The summed E-state index contributed by atoms with van der Waals surface area (Å²) in [6.45, 7) is 8.32. The first-order chi connectivity index (χ1) is 13.0. The van der Waals surface area contributed by atoms with Gasteiger partial charge in [-0.2, -0.15) is 0 Å². The van der Waals surface area contributed by atoms with Crippen LogP contribution in [0.5, 0.6) is 0 Å². The summed E-state index contributed by atoms with van der Waals surface area (Å²) in [5.41, 5.74) is 6.28. The molecule has 27 heavy (non-hydrogen) atoms. The summed E-state index contributed by atoms with van der Waals surface area (Å²) in [6.07, 6.45) is 3.00. The molecule has 0 amide bonds. The van der Waals surface area contributed by atoms with E-state index in [4.69, 9.17) is 4.98 Å². The molecule has 3 aromatic heterocycles. The number of benzene rings is 1. The third-order valence-corrected chi connectivity index (χ3v) is 5.09. The van der Waals surface area contributed by atoms with Gasteiger partial charge in [0.2, 0.25) is 0 Å². The van der Waals surface area contributed by atoms with Gasteiger partial charge in [0.15, 0.2) is 5.69 Å². The Labute approximate surface area is 156 Å². The molecule has 6 heteroatoms. The lowest BCUT2D eigenvalue weighted by atomic mass is 10.0. The molecule has 0 aliphatic rings. The molecule has 0 saturated heterocycles. The fraction of sp³-hybridized carbons (Fsp3) is 0.333. The van der Waals surface area contributed by atoms with Crippen LogP contribution < -0.4 is 0 Å². The minimum Gasteiger partial charge on any atom is -0.477 e.